The van der Waals surface area contributed by atoms with Crippen molar-refractivity contribution in [2.75, 3.05) is 0 Å². The third-order valence-corrected chi connectivity index (χ3v) is 6.76. The molecule has 4 nitrogen and oxygen atoms in total. The van der Waals surface area contributed by atoms with Crippen LogP contribution in [0.2, 0.25) is 0 Å². The first kappa shape index (κ1) is 16.1. The van der Waals surface area contributed by atoms with Gasteiger partial charge in [0, 0.05) is 17.1 Å². The molecule has 0 radical (unpaired) electrons. The Morgan fingerprint density at radius 3 is 2.32 bits per heavy atom. The van der Waals surface area contributed by atoms with Gasteiger partial charge in [-0.25, -0.2) is 12.4 Å². The summed E-state index contributed by atoms with van der Waals surface area (Å²) in [4.78, 5) is 11.0. The molecular weight excluding hydrogens is 334 g/mol. The van der Waals surface area contributed by atoms with Crippen molar-refractivity contribution in [3.63, 3.8) is 0 Å². The van der Waals surface area contributed by atoms with Crippen LogP contribution < -0.4 is 0 Å². The number of fused-ring (bicyclic) bond motifs is 1. The van der Waals surface area contributed by atoms with E-state index in [0.29, 0.717) is 23.3 Å². The molecule has 0 N–H and O–H groups in total. The maximum atomic E-state index is 13.2. The molecule has 1 saturated carbocycles. The minimum absolute atomic E-state index is 0.192. The van der Waals surface area contributed by atoms with E-state index in [1.165, 1.54) is 41.1 Å². The molecule has 128 valence electrons. The highest BCUT2D eigenvalue weighted by Crippen LogP contribution is 2.39. The lowest BCUT2D eigenvalue weighted by atomic mass is 9.97. The molecule has 1 aliphatic rings. The third kappa shape index (κ3) is 2.68. The summed E-state index contributed by atoms with van der Waals surface area (Å²) >= 11 is 0. The van der Waals surface area contributed by atoms with Crippen molar-refractivity contribution in [1.82, 2.24) is 3.97 Å². The van der Waals surface area contributed by atoms with Crippen molar-refractivity contribution >= 4 is 27.2 Å². The van der Waals surface area contributed by atoms with E-state index >= 15 is 0 Å². The van der Waals surface area contributed by atoms with Crippen molar-refractivity contribution in [1.29, 1.82) is 0 Å². The molecule has 25 heavy (non-hydrogen) atoms. The minimum Gasteiger partial charge on any atom is -0.298 e. The van der Waals surface area contributed by atoms with Gasteiger partial charge in [0.1, 0.15) is 6.29 Å². The Bertz CT molecular complexity index is 1030. The maximum Gasteiger partial charge on any atom is 0.268 e. The van der Waals surface area contributed by atoms with Crippen molar-refractivity contribution in [2.45, 2.75) is 36.5 Å². The molecule has 2 aromatic carbocycles. The summed E-state index contributed by atoms with van der Waals surface area (Å²) in [6, 6.07) is 13.7. The number of carbonyl (C=O) groups is 1. The van der Waals surface area contributed by atoms with Gasteiger partial charge in [-0.15, -0.1) is 0 Å². The summed E-state index contributed by atoms with van der Waals surface area (Å²) < 4.78 is 27.7. The molecule has 0 aliphatic heterocycles. The van der Waals surface area contributed by atoms with Crippen molar-refractivity contribution in [3.8, 4) is 0 Å². The van der Waals surface area contributed by atoms with Crippen LogP contribution in [-0.2, 0) is 10.0 Å². The molecule has 0 unspecified atom stereocenters. The van der Waals surface area contributed by atoms with E-state index in [0.717, 1.165) is 23.8 Å². The molecule has 0 bridgehead atoms. The fourth-order valence-electron chi connectivity index (χ4n) is 3.77. The molecule has 1 fully saturated rings. The number of aromatic nitrogens is 1. The summed E-state index contributed by atoms with van der Waals surface area (Å²) in [7, 11) is -3.70. The van der Waals surface area contributed by atoms with E-state index < -0.39 is 10.0 Å². The monoisotopic (exact) mass is 353 g/mol. The standard InChI is InChI=1S/C20H19NO3S/c22-14-15-9-11-17(12-10-15)25(23,24)21-13-19(16-5-1-2-6-16)18-7-3-4-8-20(18)21/h3-4,7-14,16H,1-2,5-6H2. The highest BCUT2D eigenvalue weighted by Gasteiger charge is 2.26. The van der Waals surface area contributed by atoms with Crippen LogP contribution in [0.3, 0.4) is 0 Å². The second kappa shape index (κ2) is 6.15. The molecule has 0 amide bonds. The second-order valence-electron chi connectivity index (χ2n) is 6.57. The zero-order valence-corrected chi connectivity index (χ0v) is 14.6. The predicted octanol–water partition coefficient (Wildman–Crippen LogP) is 4.35. The van der Waals surface area contributed by atoms with Gasteiger partial charge in [0.25, 0.3) is 10.0 Å². The van der Waals surface area contributed by atoms with Crippen LogP contribution >= 0.6 is 0 Å². The fourth-order valence-corrected chi connectivity index (χ4v) is 5.15. The molecule has 1 aliphatic carbocycles. The van der Waals surface area contributed by atoms with Gasteiger partial charge in [-0.05, 0) is 42.5 Å². The number of hydrogen-bond donors (Lipinski definition) is 0. The molecule has 3 aromatic rings. The minimum atomic E-state index is -3.70. The Morgan fingerprint density at radius 2 is 1.64 bits per heavy atom. The quantitative estimate of drug-likeness (QED) is 0.655. The van der Waals surface area contributed by atoms with E-state index in [1.807, 2.05) is 24.3 Å². The first-order valence-corrected chi connectivity index (χ1v) is 9.96. The average Bonchev–Trinajstić information content (AvgIpc) is 3.29. The van der Waals surface area contributed by atoms with Crippen molar-refractivity contribution in [2.24, 2.45) is 0 Å². The van der Waals surface area contributed by atoms with Crippen LogP contribution in [0.5, 0.6) is 0 Å². The van der Waals surface area contributed by atoms with Gasteiger partial charge < -0.3 is 0 Å². The summed E-state index contributed by atoms with van der Waals surface area (Å²) in [6.45, 7) is 0. The highest BCUT2D eigenvalue weighted by atomic mass is 32.2. The third-order valence-electron chi connectivity index (χ3n) is 5.08. The zero-order chi connectivity index (χ0) is 17.4. The van der Waals surface area contributed by atoms with E-state index in [4.69, 9.17) is 0 Å². The Kier molecular flexibility index (Phi) is 3.96. The lowest BCUT2D eigenvalue weighted by molar-refractivity contribution is 0.112. The number of hydrogen-bond acceptors (Lipinski definition) is 3. The highest BCUT2D eigenvalue weighted by molar-refractivity contribution is 7.90. The van der Waals surface area contributed by atoms with Crippen LogP contribution in [0.25, 0.3) is 10.9 Å². The van der Waals surface area contributed by atoms with E-state index in [2.05, 4.69) is 0 Å². The number of para-hydroxylation sites is 1. The molecule has 0 saturated heterocycles. The zero-order valence-electron chi connectivity index (χ0n) is 13.8. The molecule has 4 rings (SSSR count). The fraction of sp³-hybridized carbons (Fsp3) is 0.250. The van der Waals surface area contributed by atoms with Crippen LogP contribution in [0.4, 0.5) is 0 Å². The van der Waals surface area contributed by atoms with Crippen molar-refractivity contribution in [3.05, 3.63) is 65.9 Å². The van der Waals surface area contributed by atoms with Crippen LogP contribution in [0, 0.1) is 0 Å². The van der Waals surface area contributed by atoms with Crippen molar-refractivity contribution < 1.29 is 13.2 Å². The predicted molar refractivity (Wildman–Crippen MR) is 97.6 cm³/mol. The first-order valence-electron chi connectivity index (χ1n) is 8.52. The number of benzene rings is 2. The van der Waals surface area contributed by atoms with E-state index in [9.17, 15) is 13.2 Å². The lowest BCUT2D eigenvalue weighted by Crippen LogP contribution is -2.12. The number of nitrogens with zero attached hydrogens (tertiary/aromatic N) is 1. The van der Waals surface area contributed by atoms with E-state index in [1.54, 1.807) is 6.20 Å². The van der Waals surface area contributed by atoms with Gasteiger partial charge in [0.2, 0.25) is 0 Å². The van der Waals surface area contributed by atoms with Gasteiger partial charge in [-0.2, -0.15) is 0 Å². The molecule has 0 atom stereocenters. The number of carbonyl (C=O) groups excluding carboxylic acids is 1. The summed E-state index contributed by atoms with van der Waals surface area (Å²) in [6.07, 6.45) is 7.13. The van der Waals surface area contributed by atoms with Crippen LogP contribution in [0.1, 0.15) is 47.5 Å². The Hall–Kier alpha value is -2.40. The van der Waals surface area contributed by atoms with Gasteiger partial charge in [0.15, 0.2) is 0 Å². The maximum absolute atomic E-state index is 13.2. The summed E-state index contributed by atoms with van der Waals surface area (Å²) in [5.74, 6) is 0.429. The van der Waals surface area contributed by atoms with Crippen LogP contribution in [-0.4, -0.2) is 18.7 Å². The van der Waals surface area contributed by atoms with Gasteiger partial charge in [-0.3, -0.25) is 4.79 Å². The smallest absolute Gasteiger partial charge is 0.268 e. The Balaban J connectivity index is 1.89. The number of aldehydes is 1. The number of rotatable bonds is 4. The summed E-state index contributed by atoms with van der Waals surface area (Å²) in [5, 5.41) is 1.02. The molecule has 5 heteroatoms. The largest absolute Gasteiger partial charge is 0.298 e. The molecular formula is C20H19NO3S. The Labute approximate surface area is 147 Å². The first-order chi connectivity index (χ1) is 12.1. The molecule has 1 heterocycles. The topological polar surface area (TPSA) is 56.1 Å². The lowest BCUT2D eigenvalue weighted by Gasteiger charge is -2.08. The van der Waals surface area contributed by atoms with Crippen LogP contribution in [0.15, 0.2) is 59.6 Å². The molecule has 0 spiro atoms. The van der Waals surface area contributed by atoms with Gasteiger partial charge in [-0.1, -0.05) is 43.2 Å². The normalized spacial score (nSPS) is 15.7. The Morgan fingerprint density at radius 1 is 0.960 bits per heavy atom. The van der Waals surface area contributed by atoms with Gasteiger partial charge >= 0.3 is 0 Å². The van der Waals surface area contributed by atoms with Gasteiger partial charge in [0.05, 0.1) is 10.4 Å². The average molecular weight is 353 g/mol. The second-order valence-corrected chi connectivity index (χ2v) is 8.39. The summed E-state index contributed by atoms with van der Waals surface area (Å²) in [5.41, 5.74) is 2.30. The van der Waals surface area contributed by atoms with E-state index in [-0.39, 0.29) is 4.90 Å². The SMILES string of the molecule is O=Cc1ccc(S(=O)(=O)n2cc(C3CCCC3)c3ccccc32)cc1. The molecule has 1 aromatic heterocycles.